The van der Waals surface area contributed by atoms with E-state index in [4.69, 9.17) is 4.74 Å². The second-order valence-electron chi connectivity index (χ2n) is 6.70. The fraction of sp³-hybridized carbons (Fsp3) is 0.500. The van der Waals surface area contributed by atoms with Gasteiger partial charge in [-0.3, -0.25) is 4.98 Å². The first-order valence-electron chi connectivity index (χ1n) is 8.37. The van der Waals surface area contributed by atoms with Crippen molar-refractivity contribution < 1.29 is 4.74 Å². The maximum Gasteiger partial charge on any atom is 0.225 e. The monoisotopic (exact) mass is 310 g/mol. The van der Waals surface area contributed by atoms with Crippen molar-refractivity contribution in [1.29, 1.82) is 0 Å². The highest BCUT2D eigenvalue weighted by Crippen LogP contribution is 2.42. The van der Waals surface area contributed by atoms with Gasteiger partial charge < -0.3 is 9.64 Å². The van der Waals surface area contributed by atoms with Crippen molar-refractivity contribution in [3.05, 3.63) is 48.5 Å². The average molecular weight is 310 g/mol. The topological polar surface area (TPSA) is 51.1 Å². The summed E-state index contributed by atoms with van der Waals surface area (Å²) in [6.45, 7) is 2.92. The van der Waals surface area contributed by atoms with Crippen LogP contribution in [-0.2, 0) is 11.2 Å². The zero-order valence-corrected chi connectivity index (χ0v) is 13.3. The summed E-state index contributed by atoms with van der Waals surface area (Å²) in [5.41, 5.74) is 1.47. The normalized spacial score (nSPS) is 23.3. The van der Waals surface area contributed by atoms with Gasteiger partial charge in [0.25, 0.3) is 0 Å². The summed E-state index contributed by atoms with van der Waals surface area (Å²) in [6.07, 6.45) is 10.2. The van der Waals surface area contributed by atoms with Gasteiger partial charge in [0.1, 0.15) is 0 Å². The van der Waals surface area contributed by atoms with E-state index in [9.17, 15) is 0 Å². The summed E-state index contributed by atoms with van der Waals surface area (Å²) in [4.78, 5) is 15.4. The third-order valence-electron chi connectivity index (χ3n) is 5.11. The fourth-order valence-electron chi connectivity index (χ4n) is 3.76. The molecular weight excluding hydrogens is 288 g/mol. The lowest BCUT2D eigenvalue weighted by molar-refractivity contribution is 0.0881. The van der Waals surface area contributed by atoms with E-state index in [1.165, 1.54) is 0 Å². The van der Waals surface area contributed by atoms with Gasteiger partial charge in [-0.2, -0.15) is 0 Å². The van der Waals surface area contributed by atoms with Crippen LogP contribution in [0.4, 0.5) is 5.95 Å². The summed E-state index contributed by atoms with van der Waals surface area (Å²) in [7, 11) is 0. The maximum absolute atomic E-state index is 6.10. The minimum absolute atomic E-state index is 0.310. The van der Waals surface area contributed by atoms with Crippen LogP contribution in [0.15, 0.2) is 42.9 Å². The third-order valence-corrected chi connectivity index (χ3v) is 5.11. The molecule has 1 spiro atoms. The fourth-order valence-corrected chi connectivity index (χ4v) is 3.76. The summed E-state index contributed by atoms with van der Waals surface area (Å²) in [5.74, 6) is 0.853. The van der Waals surface area contributed by atoms with E-state index >= 15 is 0 Å². The lowest BCUT2D eigenvalue weighted by Gasteiger charge is -2.38. The summed E-state index contributed by atoms with van der Waals surface area (Å²) in [5, 5.41) is 0. The zero-order chi connectivity index (χ0) is 15.5. The van der Waals surface area contributed by atoms with Gasteiger partial charge in [-0.15, -0.1) is 0 Å². The van der Waals surface area contributed by atoms with E-state index in [1.807, 2.05) is 36.8 Å². The van der Waals surface area contributed by atoms with Crippen LogP contribution < -0.4 is 4.90 Å². The van der Waals surface area contributed by atoms with E-state index < -0.39 is 0 Å². The number of rotatable bonds is 3. The van der Waals surface area contributed by atoms with Crippen molar-refractivity contribution in [1.82, 2.24) is 15.0 Å². The highest BCUT2D eigenvalue weighted by molar-refractivity contribution is 5.29. The molecule has 1 atom stereocenters. The number of piperidine rings is 1. The van der Waals surface area contributed by atoms with Crippen molar-refractivity contribution in [3.63, 3.8) is 0 Å². The Kier molecular flexibility index (Phi) is 3.95. The number of aromatic nitrogens is 3. The maximum atomic E-state index is 6.10. The van der Waals surface area contributed by atoms with Gasteiger partial charge in [0.15, 0.2) is 0 Å². The lowest BCUT2D eigenvalue weighted by Crippen LogP contribution is -2.41. The molecule has 23 heavy (non-hydrogen) atoms. The van der Waals surface area contributed by atoms with Crippen LogP contribution in [0.3, 0.4) is 0 Å². The molecule has 2 aliphatic heterocycles. The minimum Gasteiger partial charge on any atom is -0.377 e. The second-order valence-corrected chi connectivity index (χ2v) is 6.70. The van der Waals surface area contributed by atoms with Crippen LogP contribution in [0.2, 0.25) is 0 Å². The van der Waals surface area contributed by atoms with Gasteiger partial charge in [-0.25, -0.2) is 9.97 Å². The highest BCUT2D eigenvalue weighted by Gasteiger charge is 2.42. The van der Waals surface area contributed by atoms with E-state index in [0.29, 0.717) is 11.5 Å². The van der Waals surface area contributed by atoms with Gasteiger partial charge in [-0.05, 0) is 42.9 Å². The highest BCUT2D eigenvalue weighted by atomic mass is 16.5. The second kappa shape index (κ2) is 6.24. The van der Waals surface area contributed by atoms with Crippen molar-refractivity contribution in [3.8, 4) is 0 Å². The molecule has 0 unspecified atom stereocenters. The predicted molar refractivity (Wildman–Crippen MR) is 88.2 cm³/mol. The molecular formula is C18H22N4O. The van der Waals surface area contributed by atoms with E-state index in [1.54, 1.807) is 0 Å². The quantitative estimate of drug-likeness (QED) is 0.872. The molecule has 2 aromatic rings. The largest absolute Gasteiger partial charge is 0.377 e. The van der Waals surface area contributed by atoms with Crippen molar-refractivity contribution in [2.75, 3.05) is 24.6 Å². The molecule has 5 heteroatoms. The lowest BCUT2D eigenvalue weighted by atomic mass is 9.76. The summed E-state index contributed by atoms with van der Waals surface area (Å²) >= 11 is 0. The zero-order valence-electron chi connectivity index (χ0n) is 13.3. The molecule has 4 rings (SSSR count). The van der Waals surface area contributed by atoms with Crippen LogP contribution in [0, 0.1) is 5.41 Å². The summed E-state index contributed by atoms with van der Waals surface area (Å²) in [6, 6.07) is 7.96. The molecule has 0 radical (unpaired) electrons. The number of hydrogen-bond acceptors (Lipinski definition) is 5. The van der Waals surface area contributed by atoms with E-state index in [-0.39, 0.29) is 0 Å². The Morgan fingerprint density at radius 1 is 1.04 bits per heavy atom. The first-order chi connectivity index (χ1) is 11.3. The van der Waals surface area contributed by atoms with Crippen molar-refractivity contribution in [2.45, 2.75) is 31.8 Å². The number of anilines is 1. The SMILES string of the molecule is c1ccc(C[C@H]2CC3(CCN(c4ncccn4)CC3)CO2)nc1. The molecule has 0 aliphatic carbocycles. The average Bonchev–Trinajstić information content (AvgIpc) is 2.99. The van der Waals surface area contributed by atoms with E-state index in [0.717, 1.165) is 57.0 Å². The smallest absolute Gasteiger partial charge is 0.225 e. The molecule has 120 valence electrons. The Labute approximate surface area is 136 Å². The molecule has 0 aromatic carbocycles. The number of hydrogen-bond donors (Lipinski definition) is 0. The van der Waals surface area contributed by atoms with E-state index in [2.05, 4.69) is 25.9 Å². The third kappa shape index (κ3) is 3.20. The predicted octanol–water partition coefficient (Wildman–Crippen LogP) is 2.49. The Morgan fingerprint density at radius 3 is 2.57 bits per heavy atom. The number of ether oxygens (including phenoxy) is 1. The minimum atomic E-state index is 0.310. The standard InChI is InChI=1S/C18H22N4O/c1-2-7-19-15(4-1)12-16-13-18(14-23-16)5-10-22(11-6-18)17-20-8-3-9-21-17/h1-4,7-9,16H,5-6,10-14H2/t16-/m0/s1. The Balaban J connectivity index is 1.35. The van der Waals surface area contributed by atoms with Crippen LogP contribution in [0.1, 0.15) is 25.0 Å². The van der Waals surface area contributed by atoms with Gasteiger partial charge in [-0.1, -0.05) is 6.07 Å². The molecule has 0 bridgehead atoms. The van der Waals surface area contributed by atoms with Crippen LogP contribution in [0.25, 0.3) is 0 Å². The molecule has 2 saturated heterocycles. The van der Waals surface area contributed by atoms with Gasteiger partial charge in [0.05, 0.1) is 12.7 Å². The molecule has 2 fully saturated rings. The van der Waals surface area contributed by atoms with Crippen LogP contribution in [-0.4, -0.2) is 40.8 Å². The van der Waals surface area contributed by atoms with Crippen LogP contribution >= 0.6 is 0 Å². The Hall–Kier alpha value is -2.01. The summed E-state index contributed by atoms with van der Waals surface area (Å²) < 4.78 is 6.10. The first-order valence-corrected chi connectivity index (χ1v) is 8.37. The number of pyridine rings is 1. The molecule has 2 aliphatic rings. The molecule has 5 nitrogen and oxygen atoms in total. The van der Waals surface area contributed by atoms with Crippen molar-refractivity contribution >= 4 is 5.95 Å². The first kappa shape index (κ1) is 14.6. The van der Waals surface area contributed by atoms with Crippen LogP contribution in [0.5, 0.6) is 0 Å². The molecule has 2 aromatic heterocycles. The van der Waals surface area contributed by atoms with Crippen molar-refractivity contribution in [2.24, 2.45) is 5.41 Å². The Morgan fingerprint density at radius 2 is 1.83 bits per heavy atom. The number of nitrogens with zero attached hydrogens (tertiary/aromatic N) is 4. The van der Waals surface area contributed by atoms with Gasteiger partial charge in [0.2, 0.25) is 5.95 Å². The molecule has 0 amide bonds. The molecule has 0 saturated carbocycles. The molecule has 4 heterocycles. The Bertz CT molecular complexity index is 626. The van der Waals surface area contributed by atoms with Gasteiger partial charge in [0, 0.05) is 43.8 Å². The van der Waals surface area contributed by atoms with Gasteiger partial charge >= 0.3 is 0 Å². The molecule has 0 N–H and O–H groups in total.